The van der Waals surface area contributed by atoms with Gasteiger partial charge in [-0.1, -0.05) is 20.3 Å². The minimum absolute atomic E-state index is 0.0352. The Morgan fingerprint density at radius 2 is 1.83 bits per heavy atom. The van der Waals surface area contributed by atoms with Gasteiger partial charge in [-0.2, -0.15) is 0 Å². The molecule has 2 atom stereocenters. The number of esters is 1. The number of hydrogen-bond acceptors (Lipinski definition) is 4. The van der Waals surface area contributed by atoms with Crippen molar-refractivity contribution in [1.29, 1.82) is 0 Å². The van der Waals surface area contributed by atoms with Crippen molar-refractivity contribution in [2.75, 3.05) is 6.61 Å². The first-order valence-electron chi connectivity index (χ1n) is 6.10. The van der Waals surface area contributed by atoms with E-state index in [1.54, 1.807) is 13.8 Å². The molecule has 0 aromatic heterocycles. The summed E-state index contributed by atoms with van der Waals surface area (Å²) in [5.41, 5.74) is 0. The molecule has 0 saturated carbocycles. The number of amides is 1. The highest BCUT2D eigenvalue weighted by molar-refractivity contribution is 5.85. The Morgan fingerprint density at radius 3 is 2.28 bits per heavy atom. The van der Waals surface area contributed by atoms with Crippen LogP contribution in [-0.2, 0) is 19.1 Å². The molecule has 0 aliphatic carbocycles. The molecule has 0 spiro atoms. The van der Waals surface area contributed by atoms with Gasteiger partial charge in [-0.3, -0.25) is 9.59 Å². The zero-order valence-corrected chi connectivity index (χ0v) is 11.1. The zero-order chi connectivity index (χ0) is 14.1. The van der Waals surface area contributed by atoms with Crippen LogP contribution in [0.1, 0.15) is 40.0 Å². The third kappa shape index (κ3) is 6.22. The molecule has 2 unspecified atom stereocenters. The lowest BCUT2D eigenvalue weighted by atomic mass is 9.99. The van der Waals surface area contributed by atoms with Crippen molar-refractivity contribution < 1.29 is 24.2 Å². The maximum atomic E-state index is 11.5. The van der Waals surface area contributed by atoms with Crippen molar-refractivity contribution in [2.24, 2.45) is 5.92 Å². The molecule has 0 bridgehead atoms. The van der Waals surface area contributed by atoms with Crippen molar-refractivity contribution in [2.45, 2.75) is 46.1 Å². The van der Waals surface area contributed by atoms with Crippen LogP contribution >= 0.6 is 0 Å². The minimum Gasteiger partial charge on any atom is -0.480 e. The zero-order valence-electron chi connectivity index (χ0n) is 11.1. The van der Waals surface area contributed by atoms with E-state index in [0.717, 1.165) is 0 Å². The Kier molecular flexibility index (Phi) is 7.74. The molecule has 0 aliphatic heterocycles. The second kappa shape index (κ2) is 8.49. The number of carbonyl (C=O) groups is 3. The molecule has 104 valence electrons. The van der Waals surface area contributed by atoms with Gasteiger partial charge in [0.2, 0.25) is 5.91 Å². The number of nitrogens with one attached hydrogen (secondary N) is 1. The average molecular weight is 259 g/mol. The topological polar surface area (TPSA) is 92.7 Å². The first-order chi connectivity index (χ1) is 8.42. The third-order valence-electron chi connectivity index (χ3n) is 2.66. The molecule has 0 saturated heterocycles. The number of rotatable bonds is 8. The molecule has 6 heteroatoms. The Bertz CT molecular complexity index is 303. The summed E-state index contributed by atoms with van der Waals surface area (Å²) in [6, 6.07) is -0.912. The monoisotopic (exact) mass is 259 g/mol. The second-order valence-electron chi connectivity index (χ2n) is 4.07. The average Bonchev–Trinajstić information content (AvgIpc) is 2.32. The lowest BCUT2D eigenvalue weighted by molar-refractivity contribution is -0.145. The quantitative estimate of drug-likeness (QED) is 0.633. The molecule has 0 heterocycles. The van der Waals surface area contributed by atoms with Gasteiger partial charge in [-0.05, 0) is 12.8 Å². The predicted molar refractivity (Wildman–Crippen MR) is 64.9 cm³/mol. The van der Waals surface area contributed by atoms with Gasteiger partial charge < -0.3 is 15.2 Å². The molecule has 2 N–H and O–H groups in total. The standard InChI is InChI=1S/C12H21NO5/c1-4-8(3)11(12(16)17)13-9(14)6-7-10(15)18-5-2/h8,11H,4-7H2,1-3H3,(H,13,14)(H,16,17). The molecule has 0 radical (unpaired) electrons. The number of carboxylic acids is 1. The Labute approximate surface area is 107 Å². The lowest BCUT2D eigenvalue weighted by Gasteiger charge is -2.19. The van der Waals surface area contributed by atoms with E-state index in [9.17, 15) is 14.4 Å². The van der Waals surface area contributed by atoms with Crippen LogP contribution in [0.3, 0.4) is 0 Å². The Hall–Kier alpha value is -1.59. The van der Waals surface area contributed by atoms with Crippen LogP contribution in [0.25, 0.3) is 0 Å². The summed E-state index contributed by atoms with van der Waals surface area (Å²) < 4.78 is 4.68. The first-order valence-corrected chi connectivity index (χ1v) is 6.10. The highest BCUT2D eigenvalue weighted by atomic mass is 16.5. The SMILES string of the molecule is CCOC(=O)CCC(=O)NC(C(=O)O)C(C)CC. The molecule has 6 nitrogen and oxygen atoms in total. The van der Waals surface area contributed by atoms with E-state index in [1.165, 1.54) is 0 Å². The Balaban J connectivity index is 4.19. The molecular formula is C12H21NO5. The lowest BCUT2D eigenvalue weighted by Crippen LogP contribution is -2.45. The van der Waals surface area contributed by atoms with Gasteiger partial charge in [0.15, 0.2) is 0 Å². The van der Waals surface area contributed by atoms with Gasteiger partial charge in [0.1, 0.15) is 6.04 Å². The highest BCUT2D eigenvalue weighted by Gasteiger charge is 2.25. The number of ether oxygens (including phenoxy) is 1. The number of carbonyl (C=O) groups excluding carboxylic acids is 2. The van der Waals surface area contributed by atoms with E-state index >= 15 is 0 Å². The number of aliphatic carboxylic acids is 1. The van der Waals surface area contributed by atoms with Crippen LogP contribution in [-0.4, -0.2) is 35.6 Å². The maximum absolute atomic E-state index is 11.5. The number of carboxylic acid groups (broad SMARTS) is 1. The fraction of sp³-hybridized carbons (Fsp3) is 0.750. The Morgan fingerprint density at radius 1 is 1.22 bits per heavy atom. The predicted octanol–water partition coefficient (Wildman–Crippen LogP) is 0.945. The summed E-state index contributed by atoms with van der Waals surface area (Å²) >= 11 is 0. The fourth-order valence-corrected chi connectivity index (χ4v) is 1.38. The molecule has 0 aromatic carbocycles. The molecular weight excluding hydrogens is 238 g/mol. The van der Waals surface area contributed by atoms with Gasteiger partial charge in [-0.25, -0.2) is 4.79 Å². The van der Waals surface area contributed by atoms with Crippen LogP contribution in [0, 0.1) is 5.92 Å². The summed E-state index contributed by atoms with van der Waals surface area (Å²) in [5, 5.41) is 11.4. The fourth-order valence-electron chi connectivity index (χ4n) is 1.38. The van der Waals surface area contributed by atoms with Crippen LogP contribution in [0.15, 0.2) is 0 Å². The first kappa shape index (κ1) is 16.4. The molecule has 0 rings (SSSR count). The summed E-state index contributed by atoms with van der Waals surface area (Å²) in [6.45, 7) is 5.56. The molecule has 0 aliphatic rings. The van der Waals surface area contributed by atoms with E-state index in [4.69, 9.17) is 5.11 Å². The van der Waals surface area contributed by atoms with Crippen molar-refractivity contribution in [3.8, 4) is 0 Å². The smallest absolute Gasteiger partial charge is 0.326 e. The van der Waals surface area contributed by atoms with Crippen molar-refractivity contribution >= 4 is 17.8 Å². The van der Waals surface area contributed by atoms with E-state index in [1.807, 2.05) is 6.92 Å². The van der Waals surface area contributed by atoms with Gasteiger partial charge in [0.05, 0.1) is 13.0 Å². The van der Waals surface area contributed by atoms with Gasteiger partial charge >= 0.3 is 11.9 Å². The normalized spacial score (nSPS) is 13.5. The van der Waals surface area contributed by atoms with E-state index in [-0.39, 0.29) is 25.4 Å². The van der Waals surface area contributed by atoms with Crippen molar-refractivity contribution in [3.05, 3.63) is 0 Å². The van der Waals surface area contributed by atoms with Crippen LogP contribution in [0.4, 0.5) is 0 Å². The minimum atomic E-state index is -1.06. The summed E-state index contributed by atoms with van der Waals surface area (Å²) in [7, 11) is 0. The van der Waals surface area contributed by atoms with Crippen LogP contribution in [0.5, 0.6) is 0 Å². The summed E-state index contributed by atoms with van der Waals surface area (Å²) in [5.74, 6) is -2.12. The van der Waals surface area contributed by atoms with E-state index < -0.39 is 23.9 Å². The van der Waals surface area contributed by atoms with E-state index in [2.05, 4.69) is 10.1 Å². The van der Waals surface area contributed by atoms with Gasteiger partial charge in [-0.15, -0.1) is 0 Å². The van der Waals surface area contributed by atoms with Crippen molar-refractivity contribution in [1.82, 2.24) is 5.32 Å². The van der Waals surface area contributed by atoms with Crippen LogP contribution in [0.2, 0.25) is 0 Å². The third-order valence-corrected chi connectivity index (χ3v) is 2.66. The molecule has 1 amide bonds. The largest absolute Gasteiger partial charge is 0.480 e. The number of hydrogen-bond donors (Lipinski definition) is 2. The van der Waals surface area contributed by atoms with Gasteiger partial charge in [0.25, 0.3) is 0 Å². The second-order valence-corrected chi connectivity index (χ2v) is 4.07. The van der Waals surface area contributed by atoms with Gasteiger partial charge in [0, 0.05) is 6.42 Å². The summed E-state index contributed by atoms with van der Waals surface area (Å²) in [6.07, 6.45) is 0.556. The molecule has 0 aromatic rings. The highest BCUT2D eigenvalue weighted by Crippen LogP contribution is 2.08. The van der Waals surface area contributed by atoms with Crippen molar-refractivity contribution in [3.63, 3.8) is 0 Å². The van der Waals surface area contributed by atoms with E-state index in [0.29, 0.717) is 6.42 Å². The molecule has 18 heavy (non-hydrogen) atoms. The van der Waals surface area contributed by atoms with Crippen LogP contribution < -0.4 is 5.32 Å². The molecule has 0 fully saturated rings. The maximum Gasteiger partial charge on any atom is 0.326 e. The summed E-state index contributed by atoms with van der Waals surface area (Å²) in [4.78, 5) is 33.5.